The van der Waals surface area contributed by atoms with Gasteiger partial charge in [0.1, 0.15) is 5.75 Å². The average Bonchev–Trinajstić information content (AvgIpc) is 2.87. The number of rotatable bonds is 3. The summed E-state index contributed by atoms with van der Waals surface area (Å²) in [4.78, 5) is 21.3. The van der Waals surface area contributed by atoms with Crippen molar-refractivity contribution in [2.24, 2.45) is 0 Å². The smallest absolute Gasteiger partial charge is 0.253 e. The van der Waals surface area contributed by atoms with Crippen LogP contribution >= 0.6 is 11.6 Å². The Labute approximate surface area is 153 Å². The lowest BCUT2D eigenvalue weighted by Crippen LogP contribution is -2.35. The van der Waals surface area contributed by atoms with Crippen LogP contribution in [0.2, 0.25) is 5.02 Å². The van der Waals surface area contributed by atoms with E-state index < -0.39 is 0 Å². The average molecular weight is 360 g/mol. The number of aryl methyl sites for hydroxylation is 1. The van der Waals surface area contributed by atoms with Gasteiger partial charge in [0.05, 0.1) is 12.1 Å². The number of benzene rings is 1. The van der Waals surface area contributed by atoms with E-state index in [9.17, 15) is 4.79 Å². The third kappa shape index (κ3) is 4.04. The molecule has 132 valence electrons. The lowest BCUT2D eigenvalue weighted by Gasteiger charge is -2.24. The molecule has 0 radical (unpaired) electrons. The van der Waals surface area contributed by atoms with Gasteiger partial charge in [-0.25, -0.2) is 0 Å². The van der Waals surface area contributed by atoms with E-state index in [2.05, 4.69) is 16.0 Å². The highest BCUT2D eigenvalue weighted by Crippen LogP contribution is 2.26. The van der Waals surface area contributed by atoms with Crippen molar-refractivity contribution < 1.29 is 9.53 Å². The van der Waals surface area contributed by atoms with E-state index in [1.54, 1.807) is 25.3 Å². The number of hydrogen-bond donors (Lipinski definition) is 0. The Morgan fingerprint density at radius 3 is 2.72 bits per heavy atom. The maximum atomic E-state index is 12.8. The fourth-order valence-electron chi connectivity index (χ4n) is 3.09. The summed E-state index contributed by atoms with van der Waals surface area (Å²) in [5.74, 6) is 0.589. The van der Waals surface area contributed by atoms with E-state index in [0.29, 0.717) is 22.9 Å². The Bertz CT molecular complexity index is 766. The minimum Gasteiger partial charge on any atom is -0.495 e. The summed E-state index contributed by atoms with van der Waals surface area (Å²) in [7, 11) is 1.56. The van der Waals surface area contributed by atoms with Gasteiger partial charge in [-0.2, -0.15) is 0 Å². The molecule has 2 aromatic rings. The summed E-state index contributed by atoms with van der Waals surface area (Å²) in [5, 5.41) is 0.456. The third-order valence-electron chi connectivity index (χ3n) is 4.43. The first kappa shape index (κ1) is 17.5. The summed E-state index contributed by atoms with van der Waals surface area (Å²) in [5.41, 5.74) is 2.76. The second-order valence-corrected chi connectivity index (χ2v) is 6.54. The molecule has 1 aromatic heterocycles. The summed E-state index contributed by atoms with van der Waals surface area (Å²) in [6, 6.07) is 9.29. The molecule has 1 aliphatic heterocycles. The minimum atomic E-state index is 0.0114. The number of carbonyl (C=O) groups is 1. The largest absolute Gasteiger partial charge is 0.495 e. The van der Waals surface area contributed by atoms with Crippen molar-refractivity contribution in [3.05, 3.63) is 52.8 Å². The van der Waals surface area contributed by atoms with Gasteiger partial charge in [-0.3, -0.25) is 9.78 Å². The van der Waals surface area contributed by atoms with Crippen molar-refractivity contribution >= 4 is 23.2 Å². The van der Waals surface area contributed by atoms with E-state index in [4.69, 9.17) is 16.3 Å². The molecular formula is C19H22ClN3O2. The molecule has 0 N–H and O–H groups in total. The fourth-order valence-corrected chi connectivity index (χ4v) is 3.35. The summed E-state index contributed by atoms with van der Waals surface area (Å²) >= 11 is 6.15. The molecule has 1 aromatic carbocycles. The molecule has 0 saturated carbocycles. The number of pyridine rings is 1. The number of ether oxygens (including phenoxy) is 1. The molecule has 0 unspecified atom stereocenters. The minimum absolute atomic E-state index is 0.0114. The van der Waals surface area contributed by atoms with Crippen molar-refractivity contribution in [1.82, 2.24) is 9.88 Å². The van der Waals surface area contributed by atoms with Crippen LogP contribution in [0.3, 0.4) is 0 Å². The van der Waals surface area contributed by atoms with Crippen LogP contribution in [-0.2, 0) is 0 Å². The highest BCUT2D eigenvalue weighted by molar-refractivity contribution is 6.32. The zero-order chi connectivity index (χ0) is 17.8. The molecule has 1 saturated heterocycles. The predicted molar refractivity (Wildman–Crippen MR) is 99.7 cm³/mol. The van der Waals surface area contributed by atoms with E-state index in [0.717, 1.165) is 37.4 Å². The molecule has 0 bridgehead atoms. The van der Waals surface area contributed by atoms with Crippen LogP contribution in [-0.4, -0.2) is 49.1 Å². The van der Waals surface area contributed by atoms with Crippen LogP contribution in [0.4, 0.5) is 5.69 Å². The van der Waals surface area contributed by atoms with Crippen LogP contribution in [0.25, 0.3) is 0 Å². The molecule has 1 fully saturated rings. The number of carbonyl (C=O) groups excluding carboxylic acids is 1. The molecule has 0 atom stereocenters. The van der Waals surface area contributed by atoms with Gasteiger partial charge in [0.2, 0.25) is 0 Å². The first-order valence-electron chi connectivity index (χ1n) is 8.39. The number of methoxy groups -OCH3 is 1. The van der Waals surface area contributed by atoms with Gasteiger partial charge in [-0.1, -0.05) is 11.6 Å². The van der Waals surface area contributed by atoms with E-state index in [1.807, 2.05) is 24.1 Å². The molecular weight excluding hydrogens is 338 g/mol. The standard InChI is InChI=1S/C19H22ClN3O2/c1-14-12-16(6-7-21-14)22-8-3-9-23(11-10-22)19(24)15-4-5-18(25-2)17(20)13-15/h4-7,12-13H,3,8-11H2,1-2H3. The Morgan fingerprint density at radius 1 is 1.16 bits per heavy atom. The van der Waals surface area contributed by atoms with Crippen molar-refractivity contribution in [1.29, 1.82) is 0 Å². The van der Waals surface area contributed by atoms with Crippen molar-refractivity contribution in [3.8, 4) is 5.75 Å². The van der Waals surface area contributed by atoms with E-state index >= 15 is 0 Å². The summed E-state index contributed by atoms with van der Waals surface area (Å²) in [6.45, 7) is 5.15. The third-order valence-corrected chi connectivity index (χ3v) is 4.72. The summed E-state index contributed by atoms with van der Waals surface area (Å²) < 4.78 is 5.15. The van der Waals surface area contributed by atoms with Crippen LogP contribution in [0.5, 0.6) is 5.75 Å². The predicted octanol–water partition coefficient (Wildman–Crippen LogP) is 3.40. The van der Waals surface area contributed by atoms with Crippen LogP contribution in [0.15, 0.2) is 36.5 Å². The maximum absolute atomic E-state index is 12.8. The monoisotopic (exact) mass is 359 g/mol. The first-order valence-corrected chi connectivity index (χ1v) is 8.76. The van der Waals surface area contributed by atoms with Gasteiger partial charge in [-0.05, 0) is 43.7 Å². The second kappa shape index (κ2) is 7.74. The number of hydrogen-bond acceptors (Lipinski definition) is 4. The van der Waals surface area contributed by atoms with Crippen LogP contribution < -0.4 is 9.64 Å². The lowest BCUT2D eigenvalue weighted by molar-refractivity contribution is 0.0767. The van der Waals surface area contributed by atoms with Gasteiger partial charge in [0.15, 0.2) is 0 Å². The number of nitrogens with zero attached hydrogens (tertiary/aromatic N) is 3. The maximum Gasteiger partial charge on any atom is 0.253 e. The van der Waals surface area contributed by atoms with Gasteiger partial charge >= 0.3 is 0 Å². The number of aromatic nitrogens is 1. The Balaban J connectivity index is 1.70. The van der Waals surface area contributed by atoms with Crippen molar-refractivity contribution in [2.45, 2.75) is 13.3 Å². The van der Waals surface area contributed by atoms with E-state index in [1.165, 1.54) is 0 Å². The highest BCUT2D eigenvalue weighted by atomic mass is 35.5. The Kier molecular flexibility index (Phi) is 5.43. The number of amides is 1. The Morgan fingerprint density at radius 2 is 2.00 bits per heavy atom. The van der Waals surface area contributed by atoms with Gasteiger partial charge in [-0.15, -0.1) is 0 Å². The van der Waals surface area contributed by atoms with Gasteiger partial charge in [0, 0.05) is 49.3 Å². The normalized spacial score (nSPS) is 15.0. The molecule has 6 heteroatoms. The van der Waals surface area contributed by atoms with Crippen LogP contribution in [0, 0.1) is 6.92 Å². The number of anilines is 1. The molecule has 25 heavy (non-hydrogen) atoms. The Hall–Kier alpha value is -2.27. The quantitative estimate of drug-likeness (QED) is 0.842. The molecule has 5 nitrogen and oxygen atoms in total. The first-order chi connectivity index (χ1) is 12.1. The molecule has 1 amide bonds. The molecule has 0 spiro atoms. The molecule has 3 rings (SSSR count). The van der Waals surface area contributed by atoms with Crippen molar-refractivity contribution in [2.75, 3.05) is 38.2 Å². The molecule has 2 heterocycles. The van der Waals surface area contributed by atoms with Crippen LogP contribution in [0.1, 0.15) is 22.5 Å². The summed E-state index contributed by atoms with van der Waals surface area (Å²) in [6.07, 6.45) is 2.76. The van der Waals surface area contributed by atoms with Crippen molar-refractivity contribution in [3.63, 3.8) is 0 Å². The lowest BCUT2D eigenvalue weighted by atomic mass is 10.2. The van der Waals surface area contributed by atoms with Gasteiger partial charge in [0.25, 0.3) is 5.91 Å². The molecule has 0 aliphatic carbocycles. The van der Waals surface area contributed by atoms with Gasteiger partial charge < -0.3 is 14.5 Å². The number of halogens is 1. The zero-order valence-electron chi connectivity index (χ0n) is 14.5. The second-order valence-electron chi connectivity index (χ2n) is 6.14. The SMILES string of the molecule is COc1ccc(C(=O)N2CCCN(c3ccnc(C)c3)CC2)cc1Cl. The topological polar surface area (TPSA) is 45.7 Å². The molecule has 1 aliphatic rings. The van der Waals surface area contributed by atoms with E-state index in [-0.39, 0.29) is 5.91 Å². The zero-order valence-corrected chi connectivity index (χ0v) is 15.3. The highest BCUT2D eigenvalue weighted by Gasteiger charge is 2.21. The fraction of sp³-hybridized carbons (Fsp3) is 0.368.